The van der Waals surface area contributed by atoms with Crippen molar-refractivity contribution in [2.75, 3.05) is 6.54 Å². The molecule has 122 valence electrons. The molecule has 1 unspecified atom stereocenters. The summed E-state index contributed by atoms with van der Waals surface area (Å²) in [5.41, 5.74) is 1.54. The molecule has 0 aliphatic rings. The Hall–Kier alpha value is -0.830. The van der Waals surface area contributed by atoms with E-state index in [2.05, 4.69) is 63.8 Å². The van der Waals surface area contributed by atoms with Gasteiger partial charge in [-0.3, -0.25) is 4.68 Å². The van der Waals surface area contributed by atoms with Crippen LogP contribution >= 0.6 is 0 Å². The molecule has 1 atom stereocenters. The largest absolute Gasteiger partial charge is 0.314 e. The van der Waals surface area contributed by atoms with Crippen LogP contribution < -0.4 is 5.32 Å². The summed E-state index contributed by atoms with van der Waals surface area (Å²) in [6, 6.07) is 3.30. The summed E-state index contributed by atoms with van der Waals surface area (Å²) in [4.78, 5) is 0. The Morgan fingerprint density at radius 1 is 1.24 bits per heavy atom. The smallest absolute Gasteiger partial charge is 0.0630 e. The van der Waals surface area contributed by atoms with Crippen LogP contribution in [0.15, 0.2) is 12.3 Å². The van der Waals surface area contributed by atoms with Gasteiger partial charge in [-0.25, -0.2) is 0 Å². The molecule has 0 saturated heterocycles. The highest BCUT2D eigenvalue weighted by Crippen LogP contribution is 2.27. The molecule has 0 aliphatic carbocycles. The van der Waals surface area contributed by atoms with Crippen LogP contribution in [0.1, 0.15) is 79.0 Å². The van der Waals surface area contributed by atoms with E-state index in [-0.39, 0.29) is 0 Å². The molecule has 0 spiro atoms. The Morgan fingerprint density at radius 2 is 1.90 bits per heavy atom. The lowest BCUT2D eigenvalue weighted by Crippen LogP contribution is -2.37. The van der Waals surface area contributed by atoms with Gasteiger partial charge in [-0.2, -0.15) is 5.10 Å². The van der Waals surface area contributed by atoms with Crippen molar-refractivity contribution < 1.29 is 0 Å². The zero-order valence-electron chi connectivity index (χ0n) is 14.9. The van der Waals surface area contributed by atoms with Gasteiger partial charge in [0.15, 0.2) is 0 Å². The van der Waals surface area contributed by atoms with Crippen LogP contribution in [0.5, 0.6) is 0 Å². The van der Waals surface area contributed by atoms with Crippen LogP contribution in [0.3, 0.4) is 0 Å². The van der Waals surface area contributed by atoms with Gasteiger partial charge in [0.25, 0.3) is 0 Å². The van der Waals surface area contributed by atoms with E-state index in [0.29, 0.717) is 17.5 Å². The summed E-state index contributed by atoms with van der Waals surface area (Å²) in [5, 5.41) is 8.44. The van der Waals surface area contributed by atoms with Crippen LogP contribution in [0, 0.1) is 5.41 Å². The quantitative estimate of drug-likeness (QED) is 0.683. The average Bonchev–Trinajstić information content (AvgIpc) is 2.86. The van der Waals surface area contributed by atoms with Crippen molar-refractivity contribution >= 4 is 0 Å². The standard InChI is InChI=1S/C18H35N3/c1-7-11-18(6,14-19-15(4)5)13-16-10-12-21(20-16)17(8-2)9-3/h10,12,15,17,19H,7-9,11,13-14H2,1-6H3. The van der Waals surface area contributed by atoms with Gasteiger partial charge < -0.3 is 5.32 Å². The van der Waals surface area contributed by atoms with Crippen LogP contribution in [0.25, 0.3) is 0 Å². The summed E-state index contributed by atoms with van der Waals surface area (Å²) < 4.78 is 2.16. The van der Waals surface area contributed by atoms with E-state index in [4.69, 9.17) is 5.10 Å². The molecule has 3 heteroatoms. The maximum Gasteiger partial charge on any atom is 0.0630 e. The van der Waals surface area contributed by atoms with E-state index < -0.39 is 0 Å². The maximum absolute atomic E-state index is 4.84. The van der Waals surface area contributed by atoms with E-state index >= 15 is 0 Å². The molecule has 3 nitrogen and oxygen atoms in total. The first kappa shape index (κ1) is 18.2. The third-order valence-corrected chi connectivity index (χ3v) is 4.38. The third-order valence-electron chi connectivity index (χ3n) is 4.38. The summed E-state index contributed by atoms with van der Waals surface area (Å²) in [5.74, 6) is 0. The number of nitrogens with zero attached hydrogens (tertiary/aromatic N) is 2. The number of aromatic nitrogens is 2. The lowest BCUT2D eigenvalue weighted by molar-refractivity contribution is 0.263. The first-order chi connectivity index (χ1) is 9.94. The molecule has 0 bridgehead atoms. The van der Waals surface area contributed by atoms with Gasteiger partial charge in [-0.15, -0.1) is 0 Å². The predicted octanol–water partition coefficient (Wildman–Crippen LogP) is 4.59. The summed E-state index contributed by atoms with van der Waals surface area (Å²) in [6.45, 7) is 14.6. The topological polar surface area (TPSA) is 29.9 Å². The van der Waals surface area contributed by atoms with Crippen LogP contribution in [-0.2, 0) is 6.42 Å². The van der Waals surface area contributed by atoms with E-state index in [9.17, 15) is 0 Å². The fourth-order valence-electron chi connectivity index (χ4n) is 3.07. The van der Waals surface area contributed by atoms with Gasteiger partial charge in [0, 0.05) is 18.8 Å². The minimum absolute atomic E-state index is 0.298. The Balaban J connectivity index is 2.74. The SMILES string of the molecule is CCCC(C)(CNC(C)C)Cc1ccn(C(CC)CC)n1. The zero-order valence-corrected chi connectivity index (χ0v) is 14.9. The lowest BCUT2D eigenvalue weighted by atomic mass is 9.81. The fourth-order valence-corrected chi connectivity index (χ4v) is 3.07. The van der Waals surface area contributed by atoms with Crippen molar-refractivity contribution in [3.63, 3.8) is 0 Å². The highest BCUT2D eigenvalue weighted by atomic mass is 15.3. The molecular weight excluding hydrogens is 258 g/mol. The molecule has 0 radical (unpaired) electrons. The normalized spacial score (nSPS) is 14.9. The van der Waals surface area contributed by atoms with Crippen molar-refractivity contribution in [3.05, 3.63) is 18.0 Å². The highest BCUT2D eigenvalue weighted by molar-refractivity contribution is 5.04. The molecule has 1 N–H and O–H groups in total. The molecule has 21 heavy (non-hydrogen) atoms. The van der Waals surface area contributed by atoms with Gasteiger partial charge in [0.2, 0.25) is 0 Å². The number of rotatable bonds is 10. The van der Waals surface area contributed by atoms with Crippen molar-refractivity contribution in [2.45, 2.75) is 85.7 Å². The maximum atomic E-state index is 4.84. The van der Waals surface area contributed by atoms with Crippen LogP contribution in [0.2, 0.25) is 0 Å². The molecule has 1 aromatic heterocycles. The summed E-state index contributed by atoms with van der Waals surface area (Å²) in [6.07, 6.45) is 7.99. The molecule has 0 aliphatic heterocycles. The first-order valence-electron chi connectivity index (χ1n) is 8.71. The Kier molecular flexibility index (Phi) is 7.44. The molecule has 1 heterocycles. The monoisotopic (exact) mass is 293 g/mol. The van der Waals surface area contributed by atoms with E-state index in [1.807, 2.05) is 0 Å². The minimum atomic E-state index is 0.298. The molecule has 0 saturated carbocycles. The molecule has 0 amide bonds. The fraction of sp³-hybridized carbons (Fsp3) is 0.833. The predicted molar refractivity (Wildman–Crippen MR) is 91.7 cm³/mol. The summed E-state index contributed by atoms with van der Waals surface area (Å²) >= 11 is 0. The first-order valence-corrected chi connectivity index (χ1v) is 8.71. The van der Waals surface area contributed by atoms with Crippen LogP contribution in [-0.4, -0.2) is 22.4 Å². The number of nitrogens with one attached hydrogen (secondary N) is 1. The third kappa shape index (κ3) is 5.82. The zero-order chi connectivity index (χ0) is 15.9. The lowest BCUT2D eigenvalue weighted by Gasteiger charge is -2.30. The average molecular weight is 293 g/mol. The molecule has 0 fully saturated rings. The van der Waals surface area contributed by atoms with E-state index in [1.54, 1.807) is 0 Å². The van der Waals surface area contributed by atoms with Gasteiger partial charge in [-0.05, 0) is 37.2 Å². The molecular formula is C18H35N3. The number of hydrogen-bond acceptors (Lipinski definition) is 2. The number of hydrogen-bond donors (Lipinski definition) is 1. The second-order valence-electron chi connectivity index (χ2n) is 7.03. The van der Waals surface area contributed by atoms with Gasteiger partial charge in [0.05, 0.1) is 11.7 Å². The van der Waals surface area contributed by atoms with Crippen molar-refractivity contribution in [2.24, 2.45) is 5.41 Å². The highest BCUT2D eigenvalue weighted by Gasteiger charge is 2.25. The molecule has 1 rings (SSSR count). The second-order valence-corrected chi connectivity index (χ2v) is 7.03. The minimum Gasteiger partial charge on any atom is -0.314 e. The second kappa shape index (κ2) is 8.57. The molecule has 1 aromatic rings. The van der Waals surface area contributed by atoms with Crippen LogP contribution in [0.4, 0.5) is 0 Å². The summed E-state index contributed by atoms with van der Waals surface area (Å²) in [7, 11) is 0. The van der Waals surface area contributed by atoms with Crippen molar-refractivity contribution in [3.8, 4) is 0 Å². The Bertz CT molecular complexity index is 393. The van der Waals surface area contributed by atoms with Crippen molar-refractivity contribution in [1.82, 2.24) is 15.1 Å². The van der Waals surface area contributed by atoms with Gasteiger partial charge >= 0.3 is 0 Å². The van der Waals surface area contributed by atoms with E-state index in [1.165, 1.54) is 18.5 Å². The Morgan fingerprint density at radius 3 is 2.43 bits per heavy atom. The Labute approximate surface area is 131 Å². The molecule has 0 aromatic carbocycles. The van der Waals surface area contributed by atoms with E-state index in [0.717, 1.165) is 25.8 Å². The van der Waals surface area contributed by atoms with Gasteiger partial charge in [-0.1, -0.05) is 48.0 Å². The van der Waals surface area contributed by atoms with Gasteiger partial charge in [0.1, 0.15) is 0 Å². The van der Waals surface area contributed by atoms with Crippen molar-refractivity contribution in [1.29, 1.82) is 0 Å².